The van der Waals surface area contributed by atoms with Crippen LogP contribution in [0.25, 0.3) is 16.9 Å². The molecule has 0 spiro atoms. The van der Waals surface area contributed by atoms with E-state index in [2.05, 4.69) is 25.5 Å². The van der Waals surface area contributed by atoms with E-state index in [-0.39, 0.29) is 5.82 Å². The molecule has 4 aromatic rings. The summed E-state index contributed by atoms with van der Waals surface area (Å²) in [7, 11) is 0. The van der Waals surface area contributed by atoms with Crippen molar-refractivity contribution in [3.8, 4) is 11.3 Å². The van der Waals surface area contributed by atoms with Crippen LogP contribution in [0.4, 0.5) is 10.2 Å². The first-order chi connectivity index (χ1) is 11.3. The second-order valence-electron chi connectivity index (χ2n) is 4.80. The minimum atomic E-state index is -0.271. The Hall–Kier alpha value is -2.87. The molecule has 4 rings (SSSR count). The molecule has 3 aromatic heterocycles. The van der Waals surface area contributed by atoms with Crippen molar-refractivity contribution < 1.29 is 4.39 Å². The number of hydrogen-bond donors (Lipinski definition) is 1. The average molecular weight is 326 g/mol. The van der Waals surface area contributed by atoms with E-state index in [4.69, 9.17) is 0 Å². The number of nitrogens with zero attached hydrogens (tertiary/aromatic N) is 5. The normalized spacial score (nSPS) is 11.0. The first-order valence-corrected chi connectivity index (χ1v) is 7.77. The van der Waals surface area contributed by atoms with Crippen LogP contribution >= 0.6 is 11.3 Å². The predicted molar refractivity (Wildman–Crippen MR) is 85.6 cm³/mol. The molecule has 0 saturated heterocycles. The van der Waals surface area contributed by atoms with Gasteiger partial charge in [-0.15, -0.1) is 21.5 Å². The second kappa shape index (κ2) is 5.73. The summed E-state index contributed by atoms with van der Waals surface area (Å²) in [6.07, 6.45) is 5.06. The molecular weight excluding hydrogens is 315 g/mol. The van der Waals surface area contributed by atoms with E-state index in [1.807, 2.05) is 5.38 Å². The molecule has 0 amide bonds. The average Bonchev–Trinajstić information content (AvgIpc) is 3.22. The number of thiazole rings is 1. The summed E-state index contributed by atoms with van der Waals surface area (Å²) in [6, 6.07) is 6.62. The highest BCUT2D eigenvalue weighted by Crippen LogP contribution is 2.24. The molecule has 3 heterocycles. The zero-order valence-electron chi connectivity index (χ0n) is 11.8. The first kappa shape index (κ1) is 13.8. The zero-order chi connectivity index (χ0) is 15.6. The van der Waals surface area contributed by atoms with E-state index in [1.165, 1.54) is 17.4 Å². The lowest BCUT2D eigenvalue weighted by atomic mass is 10.2. The topological polar surface area (TPSA) is 68.0 Å². The van der Waals surface area contributed by atoms with Crippen LogP contribution in [0.5, 0.6) is 0 Å². The molecule has 23 heavy (non-hydrogen) atoms. The molecule has 8 heteroatoms. The molecule has 0 fully saturated rings. The van der Waals surface area contributed by atoms with Crippen molar-refractivity contribution >= 4 is 22.8 Å². The third-order valence-electron chi connectivity index (χ3n) is 3.32. The van der Waals surface area contributed by atoms with Crippen LogP contribution < -0.4 is 5.32 Å². The summed E-state index contributed by atoms with van der Waals surface area (Å²) < 4.78 is 15.6. The lowest BCUT2D eigenvalue weighted by Crippen LogP contribution is -2.03. The van der Waals surface area contributed by atoms with Gasteiger partial charge in [-0.3, -0.25) is 4.40 Å². The quantitative estimate of drug-likeness (QED) is 0.624. The summed E-state index contributed by atoms with van der Waals surface area (Å²) in [5, 5.41) is 13.7. The molecule has 0 aliphatic carbocycles. The number of benzene rings is 1. The van der Waals surface area contributed by atoms with Crippen molar-refractivity contribution in [2.24, 2.45) is 0 Å². The molecule has 0 atom stereocenters. The van der Waals surface area contributed by atoms with Crippen LogP contribution in [-0.2, 0) is 6.54 Å². The van der Waals surface area contributed by atoms with Crippen molar-refractivity contribution in [2.75, 3.05) is 5.32 Å². The zero-order valence-corrected chi connectivity index (χ0v) is 12.7. The standard InChI is InChI=1S/C15H11FN6S/c16-11-4-2-1-3-10(11)12-8-23-13(20-12)7-18-14-15-21-19-9-22(15)6-5-17-14/h1-6,8-9H,7H2,(H,17,18). The van der Waals surface area contributed by atoms with Crippen molar-refractivity contribution in [1.29, 1.82) is 0 Å². The van der Waals surface area contributed by atoms with E-state index >= 15 is 0 Å². The summed E-state index contributed by atoms with van der Waals surface area (Å²) in [5.41, 5.74) is 1.80. The van der Waals surface area contributed by atoms with Crippen LogP contribution in [0.3, 0.4) is 0 Å². The maximum Gasteiger partial charge on any atom is 0.203 e. The monoisotopic (exact) mass is 326 g/mol. The molecule has 0 unspecified atom stereocenters. The third kappa shape index (κ3) is 2.64. The van der Waals surface area contributed by atoms with Crippen molar-refractivity contribution in [1.82, 2.24) is 24.6 Å². The number of hydrogen-bond acceptors (Lipinski definition) is 6. The number of fused-ring (bicyclic) bond motifs is 1. The second-order valence-corrected chi connectivity index (χ2v) is 5.74. The minimum Gasteiger partial charge on any atom is -0.360 e. The molecule has 0 radical (unpaired) electrons. The number of nitrogens with one attached hydrogen (secondary N) is 1. The van der Waals surface area contributed by atoms with Crippen molar-refractivity contribution in [3.63, 3.8) is 0 Å². The summed E-state index contributed by atoms with van der Waals surface area (Å²) in [6.45, 7) is 0.485. The summed E-state index contributed by atoms with van der Waals surface area (Å²) in [5.74, 6) is 0.361. The van der Waals surface area contributed by atoms with Gasteiger partial charge in [0, 0.05) is 23.3 Å². The molecule has 6 nitrogen and oxygen atoms in total. The molecular formula is C15H11FN6S. The van der Waals surface area contributed by atoms with Crippen LogP contribution in [0.1, 0.15) is 5.01 Å². The lowest BCUT2D eigenvalue weighted by molar-refractivity contribution is 0.631. The Balaban J connectivity index is 1.54. The highest BCUT2D eigenvalue weighted by Gasteiger charge is 2.10. The van der Waals surface area contributed by atoms with E-state index in [0.29, 0.717) is 29.3 Å². The smallest absolute Gasteiger partial charge is 0.203 e. The van der Waals surface area contributed by atoms with Gasteiger partial charge >= 0.3 is 0 Å². The third-order valence-corrected chi connectivity index (χ3v) is 4.17. The Bertz CT molecular complexity index is 963. The van der Waals surface area contributed by atoms with Gasteiger partial charge in [-0.1, -0.05) is 12.1 Å². The van der Waals surface area contributed by atoms with Gasteiger partial charge < -0.3 is 5.32 Å². The predicted octanol–water partition coefficient (Wildman–Crippen LogP) is 3.00. The molecule has 0 bridgehead atoms. The number of rotatable bonds is 4. The Kier molecular flexibility index (Phi) is 3.43. The summed E-state index contributed by atoms with van der Waals surface area (Å²) in [4.78, 5) is 8.73. The van der Waals surface area contributed by atoms with Crippen molar-refractivity contribution in [2.45, 2.75) is 6.54 Å². The fourth-order valence-electron chi connectivity index (χ4n) is 2.23. The molecule has 1 N–H and O–H groups in total. The first-order valence-electron chi connectivity index (χ1n) is 6.89. The lowest BCUT2D eigenvalue weighted by Gasteiger charge is -2.03. The number of anilines is 1. The Morgan fingerprint density at radius 1 is 1.26 bits per heavy atom. The van der Waals surface area contributed by atoms with E-state index < -0.39 is 0 Å². The Morgan fingerprint density at radius 2 is 2.17 bits per heavy atom. The SMILES string of the molecule is Fc1ccccc1-c1csc(CNc2nccn3cnnc23)n1. The van der Waals surface area contributed by atoms with E-state index in [9.17, 15) is 4.39 Å². The van der Waals surface area contributed by atoms with Crippen LogP contribution in [-0.4, -0.2) is 24.6 Å². The largest absolute Gasteiger partial charge is 0.360 e. The van der Waals surface area contributed by atoms with E-state index in [1.54, 1.807) is 41.3 Å². The number of aromatic nitrogens is 5. The molecule has 0 saturated carbocycles. The van der Waals surface area contributed by atoms with Gasteiger partial charge in [-0.2, -0.15) is 0 Å². The minimum absolute atomic E-state index is 0.271. The van der Waals surface area contributed by atoms with Gasteiger partial charge in [0.2, 0.25) is 5.65 Å². The maximum atomic E-state index is 13.8. The van der Waals surface area contributed by atoms with Gasteiger partial charge in [0.15, 0.2) is 5.82 Å². The highest BCUT2D eigenvalue weighted by molar-refractivity contribution is 7.09. The van der Waals surface area contributed by atoms with Gasteiger partial charge in [-0.05, 0) is 12.1 Å². The van der Waals surface area contributed by atoms with Gasteiger partial charge in [0.05, 0.1) is 12.2 Å². The molecule has 0 aliphatic heterocycles. The number of halogens is 1. The Morgan fingerprint density at radius 3 is 3.09 bits per heavy atom. The van der Waals surface area contributed by atoms with Gasteiger partial charge in [0.1, 0.15) is 17.2 Å². The highest BCUT2D eigenvalue weighted by atomic mass is 32.1. The molecule has 1 aromatic carbocycles. The fourth-order valence-corrected chi connectivity index (χ4v) is 2.96. The maximum absolute atomic E-state index is 13.8. The molecule has 0 aliphatic rings. The van der Waals surface area contributed by atoms with Crippen LogP contribution in [0.2, 0.25) is 0 Å². The van der Waals surface area contributed by atoms with Crippen LogP contribution in [0, 0.1) is 5.82 Å². The van der Waals surface area contributed by atoms with Gasteiger partial charge in [0.25, 0.3) is 0 Å². The Labute approximate surface area is 134 Å². The molecule has 114 valence electrons. The van der Waals surface area contributed by atoms with Crippen LogP contribution in [0.15, 0.2) is 48.4 Å². The summed E-state index contributed by atoms with van der Waals surface area (Å²) >= 11 is 1.47. The fraction of sp³-hybridized carbons (Fsp3) is 0.0667. The van der Waals surface area contributed by atoms with Crippen molar-refractivity contribution in [3.05, 3.63) is 59.2 Å². The van der Waals surface area contributed by atoms with E-state index in [0.717, 1.165) is 5.01 Å². The van der Waals surface area contributed by atoms with Gasteiger partial charge in [-0.25, -0.2) is 14.4 Å².